The smallest absolute Gasteiger partial charge is 0.0653 e. The van der Waals surface area contributed by atoms with Gasteiger partial charge >= 0.3 is 0 Å². The minimum atomic E-state index is -0.473. The maximum Gasteiger partial charge on any atom is 0.0653 e. The minimum absolute atomic E-state index is 0.430. The molecule has 0 radical (unpaired) electrons. The molecule has 1 atom stereocenters. The number of aliphatic hydroxyl groups is 1. The molecule has 0 aromatic heterocycles. The van der Waals surface area contributed by atoms with Crippen LogP contribution in [-0.4, -0.2) is 10.7 Å². The normalized spacial score (nSPS) is 13.6. The van der Waals surface area contributed by atoms with Crippen LogP contribution in [0.25, 0.3) is 0 Å². The van der Waals surface area contributed by atoms with E-state index in [1.807, 2.05) is 6.07 Å². The molecule has 0 fully saturated rings. The van der Waals surface area contributed by atoms with Gasteiger partial charge in [-0.2, -0.15) is 0 Å². The quantitative estimate of drug-likeness (QED) is 0.736. The first-order valence-electron chi connectivity index (χ1n) is 6.88. The third-order valence-electron chi connectivity index (χ3n) is 3.49. The predicted octanol–water partition coefficient (Wildman–Crippen LogP) is 4.51. The van der Waals surface area contributed by atoms with Crippen molar-refractivity contribution >= 4 is 0 Å². The predicted molar refractivity (Wildman–Crippen MR) is 74.2 cm³/mol. The van der Waals surface area contributed by atoms with Gasteiger partial charge in [-0.15, -0.1) is 0 Å². The van der Waals surface area contributed by atoms with E-state index in [-0.39, 0.29) is 0 Å². The van der Waals surface area contributed by atoms with E-state index in [4.69, 9.17) is 0 Å². The summed E-state index contributed by atoms with van der Waals surface area (Å²) in [7, 11) is 0. The lowest BCUT2D eigenvalue weighted by molar-refractivity contribution is 0.00764. The van der Waals surface area contributed by atoms with Gasteiger partial charge in [-0.1, -0.05) is 63.9 Å². The van der Waals surface area contributed by atoms with Gasteiger partial charge in [0, 0.05) is 0 Å². The molecule has 0 aliphatic carbocycles. The van der Waals surface area contributed by atoms with E-state index in [0.717, 1.165) is 32.1 Å². The average molecular weight is 234 g/mol. The van der Waals surface area contributed by atoms with Gasteiger partial charge in [0.2, 0.25) is 0 Å². The first-order valence-corrected chi connectivity index (χ1v) is 6.88. The Morgan fingerprint density at radius 3 is 2.06 bits per heavy atom. The van der Waals surface area contributed by atoms with E-state index in [1.165, 1.54) is 5.56 Å². The molecular weight excluding hydrogens is 208 g/mol. The zero-order valence-electron chi connectivity index (χ0n) is 11.4. The summed E-state index contributed by atoms with van der Waals surface area (Å²) >= 11 is 0. The number of benzene rings is 1. The molecule has 0 spiro atoms. The second kappa shape index (κ2) is 6.80. The fraction of sp³-hybridized carbons (Fsp3) is 0.625. The van der Waals surface area contributed by atoms with Crippen molar-refractivity contribution in [3.05, 3.63) is 35.9 Å². The summed E-state index contributed by atoms with van der Waals surface area (Å²) in [5.74, 6) is 0.430. The molecule has 96 valence electrons. The maximum absolute atomic E-state index is 10.6. The topological polar surface area (TPSA) is 20.2 Å². The van der Waals surface area contributed by atoms with E-state index < -0.39 is 5.60 Å². The molecule has 1 heteroatoms. The molecule has 0 aliphatic heterocycles. The fourth-order valence-corrected chi connectivity index (χ4v) is 2.73. The van der Waals surface area contributed by atoms with Crippen LogP contribution in [0.4, 0.5) is 0 Å². The standard InChI is InChI=1S/C16H26O/c1-4-11-16(17,12-5-2)13-14(3)15-9-7-6-8-10-15/h6-10,14,17H,4-5,11-13H2,1-3H3. The molecule has 0 amide bonds. The van der Waals surface area contributed by atoms with Crippen molar-refractivity contribution in [2.24, 2.45) is 0 Å². The number of rotatable bonds is 7. The van der Waals surface area contributed by atoms with E-state index in [2.05, 4.69) is 45.0 Å². The Labute approximate surface area is 106 Å². The summed E-state index contributed by atoms with van der Waals surface area (Å²) in [6.07, 6.45) is 4.81. The summed E-state index contributed by atoms with van der Waals surface area (Å²) in [5, 5.41) is 10.6. The highest BCUT2D eigenvalue weighted by Gasteiger charge is 2.27. The van der Waals surface area contributed by atoms with Gasteiger partial charge in [-0.25, -0.2) is 0 Å². The summed E-state index contributed by atoms with van der Waals surface area (Å²) in [6, 6.07) is 10.5. The van der Waals surface area contributed by atoms with Crippen LogP contribution < -0.4 is 0 Å². The highest BCUT2D eigenvalue weighted by molar-refractivity contribution is 5.19. The molecule has 17 heavy (non-hydrogen) atoms. The summed E-state index contributed by atoms with van der Waals surface area (Å²) in [4.78, 5) is 0. The Morgan fingerprint density at radius 1 is 1.06 bits per heavy atom. The Kier molecular flexibility index (Phi) is 5.70. The molecule has 0 saturated carbocycles. The largest absolute Gasteiger partial charge is 0.390 e. The average Bonchev–Trinajstić information content (AvgIpc) is 2.30. The highest BCUT2D eigenvalue weighted by Crippen LogP contribution is 2.32. The van der Waals surface area contributed by atoms with E-state index >= 15 is 0 Å². The van der Waals surface area contributed by atoms with Crippen LogP contribution in [0.3, 0.4) is 0 Å². The van der Waals surface area contributed by atoms with Crippen molar-refractivity contribution in [1.82, 2.24) is 0 Å². The monoisotopic (exact) mass is 234 g/mol. The van der Waals surface area contributed by atoms with Crippen LogP contribution in [0.2, 0.25) is 0 Å². The zero-order valence-corrected chi connectivity index (χ0v) is 11.4. The summed E-state index contributed by atoms with van der Waals surface area (Å²) in [5.41, 5.74) is 0.858. The zero-order chi connectivity index (χ0) is 12.7. The van der Waals surface area contributed by atoms with Gasteiger partial charge in [0.15, 0.2) is 0 Å². The van der Waals surface area contributed by atoms with Crippen LogP contribution in [0, 0.1) is 0 Å². The highest BCUT2D eigenvalue weighted by atomic mass is 16.3. The van der Waals surface area contributed by atoms with Gasteiger partial charge in [-0.3, -0.25) is 0 Å². The maximum atomic E-state index is 10.6. The number of hydrogen-bond donors (Lipinski definition) is 1. The van der Waals surface area contributed by atoms with Crippen LogP contribution in [0.15, 0.2) is 30.3 Å². The van der Waals surface area contributed by atoms with Gasteiger partial charge in [0.05, 0.1) is 5.60 Å². The first kappa shape index (κ1) is 14.2. The van der Waals surface area contributed by atoms with Crippen molar-refractivity contribution in [2.75, 3.05) is 0 Å². The molecule has 1 N–H and O–H groups in total. The molecular formula is C16H26O. The van der Waals surface area contributed by atoms with Gasteiger partial charge in [-0.05, 0) is 30.7 Å². The van der Waals surface area contributed by atoms with Gasteiger partial charge in [0.1, 0.15) is 0 Å². The van der Waals surface area contributed by atoms with Crippen molar-refractivity contribution in [2.45, 2.75) is 64.4 Å². The lowest BCUT2D eigenvalue weighted by Gasteiger charge is -2.30. The molecule has 0 bridgehead atoms. The SMILES string of the molecule is CCCC(O)(CCC)CC(C)c1ccccc1. The molecule has 1 nitrogen and oxygen atoms in total. The van der Waals surface area contributed by atoms with Crippen molar-refractivity contribution in [3.8, 4) is 0 Å². The van der Waals surface area contributed by atoms with E-state index in [9.17, 15) is 5.11 Å². The fourth-order valence-electron chi connectivity index (χ4n) is 2.73. The Balaban J connectivity index is 2.67. The van der Waals surface area contributed by atoms with Crippen molar-refractivity contribution < 1.29 is 5.11 Å². The third kappa shape index (κ3) is 4.51. The second-order valence-electron chi connectivity index (χ2n) is 5.24. The van der Waals surface area contributed by atoms with Crippen LogP contribution in [-0.2, 0) is 0 Å². The van der Waals surface area contributed by atoms with E-state index in [0.29, 0.717) is 5.92 Å². The summed E-state index contributed by atoms with van der Waals surface area (Å²) < 4.78 is 0. The van der Waals surface area contributed by atoms with Crippen molar-refractivity contribution in [3.63, 3.8) is 0 Å². The lowest BCUT2D eigenvalue weighted by Crippen LogP contribution is -2.30. The first-order chi connectivity index (χ1) is 8.11. The minimum Gasteiger partial charge on any atom is -0.390 e. The Bertz CT molecular complexity index is 299. The molecule has 0 aliphatic rings. The third-order valence-corrected chi connectivity index (χ3v) is 3.49. The lowest BCUT2D eigenvalue weighted by atomic mass is 9.82. The van der Waals surface area contributed by atoms with Crippen LogP contribution >= 0.6 is 0 Å². The van der Waals surface area contributed by atoms with Gasteiger partial charge in [0.25, 0.3) is 0 Å². The number of hydrogen-bond acceptors (Lipinski definition) is 1. The van der Waals surface area contributed by atoms with Crippen LogP contribution in [0.5, 0.6) is 0 Å². The van der Waals surface area contributed by atoms with E-state index in [1.54, 1.807) is 0 Å². The molecule has 1 unspecified atom stereocenters. The Hall–Kier alpha value is -0.820. The molecule has 1 aromatic rings. The molecule has 1 rings (SSSR count). The molecule has 0 heterocycles. The Morgan fingerprint density at radius 2 is 1.59 bits per heavy atom. The summed E-state index contributed by atoms with van der Waals surface area (Å²) in [6.45, 7) is 6.51. The molecule has 1 aromatic carbocycles. The van der Waals surface area contributed by atoms with Crippen molar-refractivity contribution in [1.29, 1.82) is 0 Å². The van der Waals surface area contributed by atoms with Crippen LogP contribution in [0.1, 0.15) is 64.4 Å². The second-order valence-corrected chi connectivity index (χ2v) is 5.24. The molecule has 0 saturated heterocycles. The van der Waals surface area contributed by atoms with Gasteiger partial charge < -0.3 is 5.11 Å².